The van der Waals surface area contributed by atoms with Crippen LogP contribution in [-0.4, -0.2) is 9.97 Å². The van der Waals surface area contributed by atoms with E-state index in [1.54, 1.807) is 12.1 Å². The van der Waals surface area contributed by atoms with Crippen molar-refractivity contribution in [2.24, 2.45) is 0 Å². The summed E-state index contributed by atoms with van der Waals surface area (Å²) in [6.07, 6.45) is 0. The van der Waals surface area contributed by atoms with E-state index in [4.69, 9.17) is 23.2 Å². The largest absolute Gasteiger partial charge is 0.224 e. The second kappa shape index (κ2) is 4.67. The third-order valence-electron chi connectivity index (χ3n) is 2.47. The zero-order chi connectivity index (χ0) is 13.6. The molecule has 0 aliphatic heterocycles. The van der Waals surface area contributed by atoms with Gasteiger partial charge in [-0.05, 0) is 18.2 Å². The summed E-state index contributed by atoms with van der Waals surface area (Å²) in [5.41, 5.74) is -0.0130. The van der Waals surface area contributed by atoms with Gasteiger partial charge in [0.1, 0.15) is 16.5 Å². The number of fused-ring (bicyclic) bond motifs is 1. The Morgan fingerprint density at radius 1 is 1.05 bits per heavy atom. The lowest BCUT2D eigenvalue weighted by atomic mass is 10.2. The number of benzene rings is 1. The van der Waals surface area contributed by atoms with Gasteiger partial charge in [-0.3, -0.25) is 0 Å². The monoisotopic (exact) mass is 316 g/mol. The molecule has 19 heavy (non-hydrogen) atoms. The average molecular weight is 317 g/mol. The number of rotatable bonds is 1. The van der Waals surface area contributed by atoms with Crippen molar-refractivity contribution < 1.29 is 8.78 Å². The van der Waals surface area contributed by atoms with E-state index in [0.717, 1.165) is 12.1 Å². The lowest BCUT2D eigenvalue weighted by Gasteiger charge is -2.04. The number of hydrogen-bond acceptors (Lipinski definition) is 3. The molecule has 0 amide bonds. The summed E-state index contributed by atoms with van der Waals surface area (Å²) in [5, 5.41) is 0.147. The lowest BCUT2D eigenvalue weighted by Crippen LogP contribution is -1.94. The molecule has 0 bridgehead atoms. The van der Waals surface area contributed by atoms with Gasteiger partial charge in [0.05, 0.1) is 9.21 Å². The first-order valence-corrected chi connectivity index (χ1v) is 6.70. The second-order valence-corrected chi connectivity index (χ2v) is 5.80. The summed E-state index contributed by atoms with van der Waals surface area (Å²) >= 11 is 13.0. The Hall–Kier alpha value is -1.30. The molecule has 0 N–H and O–H groups in total. The van der Waals surface area contributed by atoms with Crippen molar-refractivity contribution in [3.05, 3.63) is 45.4 Å². The quantitative estimate of drug-likeness (QED) is 0.594. The average Bonchev–Trinajstić information content (AvgIpc) is 2.77. The molecule has 2 heterocycles. The van der Waals surface area contributed by atoms with Gasteiger partial charge >= 0.3 is 0 Å². The Labute approximate surface area is 120 Å². The molecule has 3 rings (SSSR count). The summed E-state index contributed by atoms with van der Waals surface area (Å²) in [7, 11) is 0. The van der Waals surface area contributed by atoms with Crippen LogP contribution in [0.2, 0.25) is 9.49 Å². The maximum absolute atomic E-state index is 13.7. The molecule has 0 unspecified atom stereocenters. The lowest BCUT2D eigenvalue weighted by molar-refractivity contribution is 0.590. The van der Waals surface area contributed by atoms with Crippen LogP contribution in [0.25, 0.3) is 21.6 Å². The number of aromatic nitrogens is 2. The van der Waals surface area contributed by atoms with Crippen LogP contribution < -0.4 is 0 Å². The Morgan fingerprint density at radius 3 is 2.53 bits per heavy atom. The fourth-order valence-electron chi connectivity index (χ4n) is 1.67. The highest BCUT2D eigenvalue weighted by atomic mass is 35.5. The maximum atomic E-state index is 13.7. The molecule has 0 aliphatic rings. The van der Waals surface area contributed by atoms with Crippen molar-refractivity contribution in [1.29, 1.82) is 0 Å². The van der Waals surface area contributed by atoms with E-state index in [-0.39, 0.29) is 21.9 Å². The zero-order valence-electron chi connectivity index (χ0n) is 9.12. The van der Waals surface area contributed by atoms with Gasteiger partial charge in [-0.1, -0.05) is 23.2 Å². The minimum Gasteiger partial charge on any atom is -0.224 e. The highest BCUT2D eigenvalue weighted by molar-refractivity contribution is 7.19. The van der Waals surface area contributed by atoms with Crippen molar-refractivity contribution in [3.63, 3.8) is 0 Å². The molecule has 7 heteroatoms. The molecule has 3 aromatic rings. The second-order valence-electron chi connectivity index (χ2n) is 3.73. The van der Waals surface area contributed by atoms with Gasteiger partial charge in [-0.25, -0.2) is 18.7 Å². The van der Waals surface area contributed by atoms with E-state index in [1.165, 1.54) is 11.3 Å². The van der Waals surface area contributed by atoms with Crippen LogP contribution in [0.15, 0.2) is 24.3 Å². The van der Waals surface area contributed by atoms with E-state index in [9.17, 15) is 8.78 Å². The van der Waals surface area contributed by atoms with Gasteiger partial charge in [-0.2, -0.15) is 0 Å². The SMILES string of the molecule is Fc1cc(F)c2nc(-c3ccc(Cl)s3)nc(Cl)c2c1. The third kappa shape index (κ3) is 2.29. The fraction of sp³-hybridized carbons (Fsp3) is 0. The molecule has 96 valence electrons. The Morgan fingerprint density at radius 2 is 1.84 bits per heavy atom. The van der Waals surface area contributed by atoms with Gasteiger partial charge in [0.25, 0.3) is 0 Å². The molecule has 2 aromatic heterocycles. The Kier molecular flexibility index (Phi) is 3.12. The molecule has 0 atom stereocenters. The number of nitrogens with zero attached hydrogens (tertiary/aromatic N) is 2. The highest BCUT2D eigenvalue weighted by Crippen LogP contribution is 2.32. The van der Waals surface area contributed by atoms with Crippen LogP contribution >= 0.6 is 34.5 Å². The third-order valence-corrected chi connectivity index (χ3v) is 3.98. The first kappa shape index (κ1) is 12.7. The zero-order valence-corrected chi connectivity index (χ0v) is 11.5. The predicted octanol–water partition coefficient (Wildman–Crippen LogP) is 4.94. The fourth-order valence-corrected chi connectivity index (χ4v) is 2.87. The summed E-state index contributed by atoms with van der Waals surface area (Å²) in [6, 6.07) is 5.26. The van der Waals surface area contributed by atoms with E-state index in [0.29, 0.717) is 9.21 Å². The standard InChI is InChI=1S/C12H4Cl2F2N2S/c13-9-2-1-8(19-9)12-17-10-6(11(14)18-12)3-5(15)4-7(10)16/h1-4H. The van der Waals surface area contributed by atoms with Crippen molar-refractivity contribution >= 4 is 45.4 Å². The molecular weight excluding hydrogens is 313 g/mol. The van der Waals surface area contributed by atoms with Gasteiger partial charge < -0.3 is 0 Å². The van der Waals surface area contributed by atoms with Crippen LogP contribution in [0.1, 0.15) is 0 Å². The van der Waals surface area contributed by atoms with Gasteiger partial charge in [0, 0.05) is 11.5 Å². The minimum absolute atomic E-state index is 0.00271. The number of hydrogen-bond donors (Lipinski definition) is 0. The Balaban J connectivity index is 2.30. The van der Waals surface area contributed by atoms with Gasteiger partial charge in [-0.15, -0.1) is 11.3 Å². The molecular formula is C12H4Cl2F2N2S. The van der Waals surface area contributed by atoms with Crippen LogP contribution in [0, 0.1) is 11.6 Å². The van der Waals surface area contributed by atoms with Gasteiger partial charge in [0.15, 0.2) is 11.6 Å². The summed E-state index contributed by atoms with van der Waals surface area (Å²) < 4.78 is 27.4. The molecule has 0 saturated carbocycles. The molecule has 0 saturated heterocycles. The summed E-state index contributed by atoms with van der Waals surface area (Å²) in [6.45, 7) is 0. The molecule has 1 aromatic carbocycles. The molecule has 0 aliphatic carbocycles. The molecule has 0 radical (unpaired) electrons. The van der Waals surface area contributed by atoms with E-state index >= 15 is 0 Å². The van der Waals surface area contributed by atoms with E-state index in [1.807, 2.05) is 0 Å². The molecule has 0 spiro atoms. The van der Waals surface area contributed by atoms with E-state index < -0.39 is 11.6 Å². The van der Waals surface area contributed by atoms with Crippen LogP contribution in [0.3, 0.4) is 0 Å². The molecule has 0 fully saturated rings. The summed E-state index contributed by atoms with van der Waals surface area (Å²) in [5.74, 6) is -1.23. The topological polar surface area (TPSA) is 25.8 Å². The van der Waals surface area contributed by atoms with Crippen molar-refractivity contribution in [1.82, 2.24) is 9.97 Å². The Bertz CT molecular complexity index is 789. The number of thiophene rings is 1. The smallest absolute Gasteiger partial charge is 0.171 e. The highest BCUT2D eigenvalue weighted by Gasteiger charge is 2.14. The normalized spacial score (nSPS) is 11.2. The van der Waals surface area contributed by atoms with Crippen molar-refractivity contribution in [3.8, 4) is 10.7 Å². The first-order chi connectivity index (χ1) is 9.04. The van der Waals surface area contributed by atoms with Crippen LogP contribution in [0.4, 0.5) is 8.78 Å². The summed E-state index contributed by atoms with van der Waals surface area (Å²) in [4.78, 5) is 8.78. The van der Waals surface area contributed by atoms with E-state index in [2.05, 4.69) is 9.97 Å². The van der Waals surface area contributed by atoms with Crippen molar-refractivity contribution in [2.45, 2.75) is 0 Å². The van der Waals surface area contributed by atoms with Gasteiger partial charge in [0.2, 0.25) is 0 Å². The van der Waals surface area contributed by atoms with Crippen LogP contribution in [-0.2, 0) is 0 Å². The van der Waals surface area contributed by atoms with Crippen molar-refractivity contribution in [2.75, 3.05) is 0 Å². The van der Waals surface area contributed by atoms with Crippen LogP contribution in [0.5, 0.6) is 0 Å². The molecule has 2 nitrogen and oxygen atoms in total. The number of halogens is 4. The predicted molar refractivity (Wildman–Crippen MR) is 72.8 cm³/mol. The maximum Gasteiger partial charge on any atom is 0.171 e. The first-order valence-electron chi connectivity index (χ1n) is 5.12. The minimum atomic E-state index is -0.775.